The van der Waals surface area contributed by atoms with Crippen molar-refractivity contribution in [3.63, 3.8) is 0 Å². The van der Waals surface area contributed by atoms with Crippen molar-refractivity contribution in [1.82, 2.24) is 9.88 Å². The van der Waals surface area contributed by atoms with Crippen molar-refractivity contribution in [2.75, 3.05) is 14.1 Å². The van der Waals surface area contributed by atoms with E-state index in [1.54, 1.807) is 49.6 Å². The van der Waals surface area contributed by atoms with E-state index in [1.807, 2.05) is 0 Å². The number of carbonyl (C=O) groups is 4. The molecule has 1 aromatic carbocycles. The second-order valence-corrected chi connectivity index (χ2v) is 10.4. The van der Waals surface area contributed by atoms with Crippen LogP contribution in [0.1, 0.15) is 39.9 Å². The standard InChI is InChI=1S/C28H27N3O6/c1-31(2)23-19-11-16-10-17-15(6-5-14-4-3-9-30-13-14)7-8-20(32)22(17)25(34)21(16)26(35)28(19,37)12-18(24(23)33)27(29)36/h3-4,7-9,13,16,18-19,21,23,32,37H,10-12H2,1-2H3,(H2,29,36). The smallest absolute Gasteiger partial charge is 0.228 e. The van der Waals surface area contributed by atoms with Crippen LogP contribution in [0.4, 0.5) is 0 Å². The lowest BCUT2D eigenvalue weighted by Gasteiger charge is -2.53. The molecule has 2 saturated carbocycles. The minimum Gasteiger partial charge on any atom is -0.507 e. The van der Waals surface area contributed by atoms with E-state index in [0.29, 0.717) is 16.7 Å². The zero-order valence-corrected chi connectivity index (χ0v) is 20.5. The number of carbonyl (C=O) groups excluding carboxylic acids is 4. The molecule has 3 aliphatic carbocycles. The summed E-state index contributed by atoms with van der Waals surface area (Å²) in [5.74, 6) is -0.672. The summed E-state index contributed by atoms with van der Waals surface area (Å²) in [5, 5.41) is 22.3. The number of hydrogen-bond acceptors (Lipinski definition) is 8. The number of rotatable bonds is 2. The first kappa shape index (κ1) is 24.8. The molecule has 0 radical (unpaired) electrons. The van der Waals surface area contributed by atoms with Crippen molar-refractivity contribution < 1.29 is 29.4 Å². The van der Waals surface area contributed by atoms with Gasteiger partial charge in [-0.05, 0) is 62.7 Å². The Bertz CT molecular complexity index is 1390. The van der Waals surface area contributed by atoms with Crippen LogP contribution in [-0.2, 0) is 20.8 Å². The van der Waals surface area contributed by atoms with Gasteiger partial charge in [-0.1, -0.05) is 11.8 Å². The second kappa shape index (κ2) is 8.91. The van der Waals surface area contributed by atoms with Crippen molar-refractivity contribution in [2.45, 2.75) is 30.9 Å². The average molecular weight is 502 g/mol. The highest BCUT2D eigenvalue weighted by molar-refractivity contribution is 6.17. The van der Waals surface area contributed by atoms with Crippen molar-refractivity contribution in [3.8, 4) is 17.6 Å². The zero-order valence-electron chi connectivity index (χ0n) is 20.5. The Morgan fingerprint density at radius 2 is 1.95 bits per heavy atom. The quantitative estimate of drug-likeness (QED) is 0.397. The molecule has 190 valence electrons. The third-order valence-corrected chi connectivity index (χ3v) is 8.07. The number of benzene rings is 1. The summed E-state index contributed by atoms with van der Waals surface area (Å²) in [7, 11) is 3.29. The summed E-state index contributed by atoms with van der Waals surface area (Å²) in [5.41, 5.74) is 5.19. The molecule has 1 heterocycles. The number of primary amides is 1. The molecule has 1 aromatic heterocycles. The summed E-state index contributed by atoms with van der Waals surface area (Å²) >= 11 is 0. The predicted octanol–water partition coefficient (Wildman–Crippen LogP) is 0.483. The van der Waals surface area contributed by atoms with Gasteiger partial charge in [0, 0.05) is 35.9 Å². The maximum Gasteiger partial charge on any atom is 0.228 e. The average Bonchev–Trinajstić information content (AvgIpc) is 2.85. The van der Waals surface area contributed by atoms with Gasteiger partial charge in [-0.3, -0.25) is 29.1 Å². The van der Waals surface area contributed by atoms with E-state index in [0.717, 1.165) is 0 Å². The maximum absolute atomic E-state index is 13.8. The van der Waals surface area contributed by atoms with E-state index in [1.165, 1.54) is 6.07 Å². The number of hydrogen-bond donors (Lipinski definition) is 3. The predicted molar refractivity (Wildman–Crippen MR) is 131 cm³/mol. The summed E-state index contributed by atoms with van der Waals surface area (Å²) in [4.78, 5) is 58.4. The molecule has 4 N–H and O–H groups in total. The van der Waals surface area contributed by atoms with Gasteiger partial charge in [0.2, 0.25) is 5.91 Å². The zero-order chi connectivity index (χ0) is 26.6. The molecule has 0 bridgehead atoms. The van der Waals surface area contributed by atoms with Gasteiger partial charge in [0.1, 0.15) is 17.3 Å². The molecule has 5 rings (SSSR count). The molecular weight excluding hydrogens is 474 g/mol. The normalized spacial score (nSPS) is 30.6. The minimum absolute atomic E-state index is 0.0251. The van der Waals surface area contributed by atoms with Gasteiger partial charge in [-0.15, -0.1) is 0 Å². The van der Waals surface area contributed by atoms with Crippen molar-refractivity contribution in [1.29, 1.82) is 0 Å². The number of phenolic OH excluding ortho intramolecular Hbond substituents is 1. The molecule has 0 spiro atoms. The molecule has 0 aliphatic heterocycles. The number of nitrogens with zero attached hydrogens (tertiary/aromatic N) is 2. The first-order valence-electron chi connectivity index (χ1n) is 12.1. The summed E-state index contributed by atoms with van der Waals surface area (Å²) in [6.45, 7) is 0. The molecule has 1 amide bonds. The molecule has 9 heteroatoms. The molecule has 37 heavy (non-hydrogen) atoms. The van der Waals surface area contributed by atoms with Crippen LogP contribution in [0.2, 0.25) is 0 Å². The Labute approximate surface area is 213 Å². The molecule has 3 aliphatic rings. The topological polar surface area (TPSA) is 151 Å². The minimum atomic E-state index is -2.07. The van der Waals surface area contributed by atoms with Crippen LogP contribution in [-0.4, -0.2) is 69.1 Å². The number of aromatic hydroxyl groups is 1. The van der Waals surface area contributed by atoms with E-state index in [4.69, 9.17) is 5.73 Å². The largest absolute Gasteiger partial charge is 0.507 e. The van der Waals surface area contributed by atoms with Crippen LogP contribution in [0, 0.1) is 35.5 Å². The fraction of sp³-hybridized carbons (Fsp3) is 0.393. The summed E-state index contributed by atoms with van der Waals surface area (Å²) in [6, 6.07) is 5.66. The van der Waals surface area contributed by atoms with E-state index >= 15 is 0 Å². The highest BCUT2D eigenvalue weighted by Crippen LogP contribution is 2.52. The van der Waals surface area contributed by atoms with Crippen LogP contribution < -0.4 is 5.73 Å². The lowest BCUT2D eigenvalue weighted by Crippen LogP contribution is -2.69. The van der Waals surface area contributed by atoms with E-state index in [2.05, 4.69) is 16.8 Å². The molecule has 6 atom stereocenters. The third kappa shape index (κ3) is 3.84. The number of aromatic nitrogens is 1. The van der Waals surface area contributed by atoms with Gasteiger partial charge in [0.25, 0.3) is 0 Å². The number of nitrogens with two attached hydrogens (primary N) is 1. The number of aliphatic hydroxyl groups is 1. The summed E-state index contributed by atoms with van der Waals surface area (Å²) < 4.78 is 0. The Hall–Kier alpha value is -3.87. The van der Waals surface area contributed by atoms with Gasteiger partial charge in [0.15, 0.2) is 17.3 Å². The van der Waals surface area contributed by atoms with Gasteiger partial charge in [-0.2, -0.15) is 0 Å². The van der Waals surface area contributed by atoms with Crippen LogP contribution >= 0.6 is 0 Å². The molecule has 2 fully saturated rings. The first-order valence-corrected chi connectivity index (χ1v) is 12.1. The van der Waals surface area contributed by atoms with Crippen LogP contribution in [0.15, 0.2) is 36.7 Å². The van der Waals surface area contributed by atoms with E-state index < -0.39 is 65.0 Å². The highest BCUT2D eigenvalue weighted by Gasteiger charge is 2.64. The number of amides is 1. The Morgan fingerprint density at radius 1 is 1.19 bits per heavy atom. The Balaban J connectivity index is 1.59. The number of pyridine rings is 1. The molecule has 0 saturated heterocycles. The number of fused-ring (bicyclic) bond motifs is 3. The van der Waals surface area contributed by atoms with Gasteiger partial charge < -0.3 is 15.9 Å². The van der Waals surface area contributed by atoms with Crippen LogP contribution in [0.3, 0.4) is 0 Å². The van der Waals surface area contributed by atoms with Gasteiger partial charge in [-0.25, -0.2) is 0 Å². The molecule has 9 nitrogen and oxygen atoms in total. The fourth-order valence-electron chi connectivity index (χ4n) is 6.40. The Kier molecular flexibility index (Phi) is 5.97. The van der Waals surface area contributed by atoms with Crippen LogP contribution in [0.5, 0.6) is 5.75 Å². The van der Waals surface area contributed by atoms with Crippen molar-refractivity contribution >= 4 is 23.3 Å². The summed E-state index contributed by atoms with van der Waals surface area (Å²) in [6.07, 6.45) is 3.28. The van der Waals surface area contributed by atoms with E-state index in [9.17, 15) is 29.4 Å². The Morgan fingerprint density at radius 3 is 2.59 bits per heavy atom. The van der Waals surface area contributed by atoms with Gasteiger partial charge in [0.05, 0.1) is 17.5 Å². The lowest BCUT2D eigenvalue weighted by molar-refractivity contribution is -0.176. The van der Waals surface area contributed by atoms with E-state index in [-0.39, 0.29) is 24.2 Å². The van der Waals surface area contributed by atoms with Gasteiger partial charge >= 0.3 is 0 Å². The first-order chi connectivity index (χ1) is 17.5. The molecular formula is C28H27N3O6. The SMILES string of the molecule is CN(C)C1C(=O)C(C(N)=O)CC2(O)C(=O)C3C(=O)c4c(O)ccc(C#Cc5cccnc5)c4CC3CC12. The number of phenols is 1. The van der Waals surface area contributed by atoms with Crippen molar-refractivity contribution in [3.05, 3.63) is 58.9 Å². The third-order valence-electron chi connectivity index (χ3n) is 8.07. The highest BCUT2D eigenvalue weighted by atomic mass is 16.3. The molecule has 6 unspecified atom stereocenters. The fourth-order valence-corrected chi connectivity index (χ4v) is 6.40. The maximum atomic E-state index is 13.8. The van der Waals surface area contributed by atoms with Crippen LogP contribution in [0.25, 0.3) is 0 Å². The number of Topliss-reactive ketones (excluding diaryl/α,β-unsaturated/α-hetero) is 3. The molecule has 2 aromatic rings. The number of ketones is 3. The number of likely N-dealkylation sites (N-methyl/N-ethyl adjacent to an activating group) is 1. The van der Waals surface area contributed by atoms with Crippen molar-refractivity contribution in [2.24, 2.45) is 29.4 Å². The lowest BCUT2D eigenvalue weighted by atomic mass is 9.52. The monoisotopic (exact) mass is 501 g/mol. The second-order valence-electron chi connectivity index (χ2n) is 10.4.